The Balaban J connectivity index is 2.20. The molecular formula is C13H19ClN2OS. The van der Waals surface area contributed by atoms with Gasteiger partial charge in [-0.3, -0.25) is 0 Å². The van der Waals surface area contributed by atoms with Crippen LogP contribution < -0.4 is 4.72 Å². The lowest BCUT2D eigenvalue weighted by molar-refractivity contribution is 0.488. The Hall–Kier alpha value is -0.290. The number of nitrogens with zero attached hydrogens (tertiary/aromatic N) is 1. The van der Waals surface area contributed by atoms with Gasteiger partial charge >= 0.3 is 0 Å². The molecule has 0 radical (unpaired) electrons. The number of fused-ring (bicyclic) bond motifs is 1. The minimum atomic E-state index is -1.06. The number of nitrogens with one attached hydrogen (secondary N) is 1. The van der Waals surface area contributed by atoms with Crippen molar-refractivity contribution in [2.45, 2.75) is 50.8 Å². The van der Waals surface area contributed by atoms with Gasteiger partial charge in [0.05, 0.1) is 6.04 Å². The maximum atomic E-state index is 12.2. The van der Waals surface area contributed by atoms with Gasteiger partial charge < -0.3 is 4.55 Å². The third kappa shape index (κ3) is 3.18. The lowest BCUT2D eigenvalue weighted by atomic mass is 9.90. The summed E-state index contributed by atoms with van der Waals surface area (Å²) in [7, 11) is 0. The van der Waals surface area contributed by atoms with Gasteiger partial charge in [0.2, 0.25) is 0 Å². The Kier molecular flexibility index (Phi) is 4.22. The van der Waals surface area contributed by atoms with Crippen molar-refractivity contribution in [1.29, 1.82) is 0 Å². The highest BCUT2D eigenvalue weighted by Crippen LogP contribution is 2.32. The summed E-state index contributed by atoms with van der Waals surface area (Å²) in [6.45, 7) is 5.91. The lowest BCUT2D eigenvalue weighted by Gasteiger charge is -2.31. The van der Waals surface area contributed by atoms with Crippen molar-refractivity contribution in [1.82, 2.24) is 9.71 Å². The third-order valence-corrected chi connectivity index (χ3v) is 4.93. The van der Waals surface area contributed by atoms with Gasteiger partial charge in [0.25, 0.3) is 0 Å². The molecule has 0 amide bonds. The molecule has 0 aromatic carbocycles. The van der Waals surface area contributed by atoms with Gasteiger partial charge in [0, 0.05) is 17.6 Å². The molecular weight excluding hydrogens is 268 g/mol. The van der Waals surface area contributed by atoms with Crippen molar-refractivity contribution in [2.75, 3.05) is 0 Å². The fourth-order valence-corrected chi connectivity index (χ4v) is 3.11. The predicted octanol–water partition coefficient (Wildman–Crippen LogP) is 3.16. The first kappa shape index (κ1) is 14.1. The van der Waals surface area contributed by atoms with Gasteiger partial charge in [-0.15, -0.1) is 4.72 Å². The molecule has 3 nitrogen and oxygen atoms in total. The Bertz CT molecular complexity index is 433. The lowest BCUT2D eigenvalue weighted by Crippen LogP contribution is -2.42. The minimum Gasteiger partial charge on any atom is -0.598 e. The van der Waals surface area contributed by atoms with Crippen LogP contribution >= 0.6 is 11.6 Å². The summed E-state index contributed by atoms with van der Waals surface area (Å²) in [6, 6.07) is 2.02. The number of aromatic nitrogens is 1. The largest absolute Gasteiger partial charge is 0.598 e. The molecule has 1 aliphatic carbocycles. The van der Waals surface area contributed by atoms with E-state index in [1.54, 1.807) is 0 Å². The first-order valence-electron chi connectivity index (χ1n) is 6.20. The zero-order chi connectivity index (χ0) is 13.3. The Morgan fingerprint density at radius 2 is 2.22 bits per heavy atom. The normalized spacial score (nSPS) is 21.5. The summed E-state index contributed by atoms with van der Waals surface area (Å²) in [5.41, 5.74) is 2.37. The molecule has 1 aliphatic rings. The van der Waals surface area contributed by atoms with Crippen LogP contribution in [-0.2, 0) is 17.8 Å². The van der Waals surface area contributed by atoms with Crippen molar-refractivity contribution in [3.8, 4) is 0 Å². The van der Waals surface area contributed by atoms with Crippen molar-refractivity contribution in [2.24, 2.45) is 0 Å². The van der Waals surface area contributed by atoms with E-state index in [4.69, 9.17) is 11.6 Å². The topological polar surface area (TPSA) is 48.0 Å². The van der Waals surface area contributed by atoms with Crippen molar-refractivity contribution >= 4 is 23.0 Å². The quantitative estimate of drug-likeness (QED) is 0.671. The Morgan fingerprint density at radius 3 is 2.89 bits per heavy atom. The molecule has 1 aromatic heterocycles. The van der Waals surface area contributed by atoms with Crippen LogP contribution in [0, 0.1) is 0 Å². The molecule has 2 atom stereocenters. The van der Waals surface area contributed by atoms with Crippen LogP contribution in [-0.4, -0.2) is 14.3 Å². The van der Waals surface area contributed by atoms with Crippen LogP contribution in [0.3, 0.4) is 0 Å². The summed E-state index contributed by atoms with van der Waals surface area (Å²) < 4.78 is 15.2. The summed E-state index contributed by atoms with van der Waals surface area (Å²) in [6.07, 6.45) is 4.95. The molecule has 1 unspecified atom stereocenters. The maximum absolute atomic E-state index is 12.2. The van der Waals surface area contributed by atoms with Gasteiger partial charge in [-0.2, -0.15) is 0 Å². The molecule has 100 valence electrons. The molecule has 18 heavy (non-hydrogen) atoms. The maximum Gasteiger partial charge on any atom is 0.136 e. The number of aryl methyl sites for hydroxylation is 1. The average molecular weight is 287 g/mol. The van der Waals surface area contributed by atoms with Crippen LogP contribution in [0.1, 0.15) is 50.8 Å². The van der Waals surface area contributed by atoms with E-state index in [9.17, 15) is 4.55 Å². The van der Waals surface area contributed by atoms with Crippen molar-refractivity contribution in [3.05, 3.63) is 28.5 Å². The fourth-order valence-electron chi connectivity index (χ4n) is 2.09. The molecule has 0 fully saturated rings. The van der Waals surface area contributed by atoms with E-state index < -0.39 is 11.4 Å². The molecule has 1 heterocycles. The molecule has 0 saturated heterocycles. The van der Waals surface area contributed by atoms with E-state index in [1.807, 2.05) is 33.0 Å². The summed E-state index contributed by atoms with van der Waals surface area (Å²) in [5.74, 6) is 0. The average Bonchev–Trinajstić information content (AvgIpc) is 2.28. The molecule has 0 aliphatic heterocycles. The SMILES string of the molecule is CC(C)(C)[S@+]([O-])NC1CCCc2cnc(Cl)cc21. The molecule has 5 heteroatoms. The standard InChI is InChI=1S/C13H19ClN2OS/c1-13(2,3)18(17)16-11-6-4-5-9-8-15-12(14)7-10(9)11/h7-8,11,16H,4-6H2,1-3H3/t11?,18-/m0/s1. The van der Waals surface area contributed by atoms with Gasteiger partial charge in [0.15, 0.2) is 0 Å². The first-order valence-corrected chi connectivity index (χ1v) is 7.73. The van der Waals surface area contributed by atoms with Crippen LogP contribution in [0.15, 0.2) is 12.3 Å². The Labute approximate surface area is 117 Å². The van der Waals surface area contributed by atoms with Gasteiger partial charge in [-0.1, -0.05) is 11.6 Å². The van der Waals surface area contributed by atoms with E-state index in [0.29, 0.717) is 5.15 Å². The van der Waals surface area contributed by atoms with Gasteiger partial charge in [0.1, 0.15) is 9.90 Å². The van der Waals surface area contributed by atoms with E-state index in [-0.39, 0.29) is 10.8 Å². The monoisotopic (exact) mass is 286 g/mol. The van der Waals surface area contributed by atoms with Crippen molar-refractivity contribution in [3.63, 3.8) is 0 Å². The summed E-state index contributed by atoms with van der Waals surface area (Å²) >= 11 is 4.89. The van der Waals surface area contributed by atoms with Crippen LogP contribution in [0.25, 0.3) is 0 Å². The number of halogens is 1. The molecule has 1 aromatic rings. The van der Waals surface area contributed by atoms with E-state index >= 15 is 0 Å². The number of pyridine rings is 1. The second kappa shape index (κ2) is 5.37. The summed E-state index contributed by atoms with van der Waals surface area (Å²) in [4.78, 5) is 4.12. The second-order valence-electron chi connectivity index (χ2n) is 5.65. The predicted molar refractivity (Wildman–Crippen MR) is 76.0 cm³/mol. The second-order valence-corrected chi connectivity index (χ2v) is 8.03. The van der Waals surface area contributed by atoms with Gasteiger partial charge in [-0.25, -0.2) is 4.98 Å². The molecule has 2 rings (SSSR count). The highest BCUT2D eigenvalue weighted by Gasteiger charge is 2.31. The molecule has 1 N–H and O–H groups in total. The van der Waals surface area contributed by atoms with Crippen LogP contribution in [0.2, 0.25) is 5.15 Å². The number of rotatable bonds is 2. The zero-order valence-electron chi connectivity index (χ0n) is 11.0. The van der Waals surface area contributed by atoms with E-state index in [1.165, 1.54) is 5.56 Å². The number of hydrogen-bond donors (Lipinski definition) is 1. The molecule has 0 saturated carbocycles. The first-order chi connectivity index (χ1) is 8.38. The van der Waals surface area contributed by atoms with Crippen molar-refractivity contribution < 1.29 is 4.55 Å². The minimum absolute atomic E-state index is 0.120. The van der Waals surface area contributed by atoms with E-state index in [2.05, 4.69) is 9.71 Å². The third-order valence-electron chi connectivity index (χ3n) is 3.11. The highest BCUT2D eigenvalue weighted by atomic mass is 35.5. The fraction of sp³-hybridized carbons (Fsp3) is 0.615. The summed E-state index contributed by atoms with van der Waals surface area (Å²) in [5, 5.41) is 0.504. The molecule has 0 spiro atoms. The highest BCUT2D eigenvalue weighted by molar-refractivity contribution is 7.90. The Morgan fingerprint density at radius 1 is 1.50 bits per heavy atom. The molecule has 0 bridgehead atoms. The van der Waals surface area contributed by atoms with E-state index in [0.717, 1.165) is 24.8 Å². The smallest absolute Gasteiger partial charge is 0.136 e. The van der Waals surface area contributed by atoms with Crippen LogP contribution in [0.5, 0.6) is 0 Å². The van der Waals surface area contributed by atoms with Gasteiger partial charge in [-0.05, 0) is 57.2 Å². The zero-order valence-corrected chi connectivity index (χ0v) is 12.6. The van der Waals surface area contributed by atoms with Crippen LogP contribution in [0.4, 0.5) is 0 Å². The number of hydrogen-bond acceptors (Lipinski definition) is 3.